The molecule has 0 bridgehead atoms. The smallest absolute Gasteiger partial charge is 0.115 e. The zero-order chi connectivity index (χ0) is 13.8. The summed E-state index contributed by atoms with van der Waals surface area (Å²) in [5.74, 6) is -0.121. The Morgan fingerprint density at radius 2 is 1.11 bits per heavy atom. The molecule has 0 saturated carbocycles. The Balaban J connectivity index is 2.41. The highest BCUT2D eigenvalue weighted by Gasteiger charge is 2.22. The van der Waals surface area contributed by atoms with Crippen LogP contribution in [0, 0.1) is 0 Å². The molecule has 1 unspecified atom stereocenters. The van der Waals surface area contributed by atoms with E-state index in [0.29, 0.717) is 0 Å². The summed E-state index contributed by atoms with van der Waals surface area (Å²) in [6.07, 6.45) is -0.950. The molecule has 100 valence electrons. The predicted molar refractivity (Wildman–Crippen MR) is 71.1 cm³/mol. The minimum atomic E-state index is -0.950. The highest BCUT2D eigenvalue weighted by atomic mass is 16.3. The highest BCUT2D eigenvalue weighted by Crippen LogP contribution is 2.30. The van der Waals surface area contributed by atoms with Gasteiger partial charge >= 0.3 is 0 Å². The molecule has 2 rings (SSSR count). The standard InChI is InChI=1S/C15H16O4/c16-9-14(19)15(10-1-5-12(17)6-2-10)11-3-7-13(18)8-4-11/h1-8,14-19H,9H2. The van der Waals surface area contributed by atoms with Crippen LogP contribution in [-0.4, -0.2) is 33.1 Å². The minimum absolute atomic E-state index is 0.145. The summed E-state index contributed by atoms with van der Waals surface area (Å²) in [4.78, 5) is 0. The number of phenolic OH excluding ortho intramolecular Hbond substituents is 2. The van der Waals surface area contributed by atoms with E-state index in [4.69, 9.17) is 0 Å². The first-order valence-corrected chi connectivity index (χ1v) is 5.98. The van der Waals surface area contributed by atoms with Gasteiger partial charge in [-0.3, -0.25) is 0 Å². The first-order chi connectivity index (χ1) is 9.11. The van der Waals surface area contributed by atoms with Crippen molar-refractivity contribution >= 4 is 0 Å². The number of hydrogen-bond donors (Lipinski definition) is 4. The molecular weight excluding hydrogens is 244 g/mol. The molecule has 0 saturated heterocycles. The summed E-state index contributed by atoms with van der Waals surface area (Å²) in [5.41, 5.74) is 1.56. The van der Waals surface area contributed by atoms with Gasteiger partial charge in [0.2, 0.25) is 0 Å². The summed E-state index contributed by atoms with van der Waals surface area (Å²) < 4.78 is 0. The second-order valence-corrected chi connectivity index (χ2v) is 4.41. The van der Waals surface area contributed by atoms with Gasteiger partial charge < -0.3 is 20.4 Å². The van der Waals surface area contributed by atoms with E-state index in [2.05, 4.69) is 0 Å². The van der Waals surface area contributed by atoms with E-state index < -0.39 is 12.0 Å². The summed E-state index contributed by atoms with van der Waals surface area (Å²) in [5, 5.41) is 37.8. The SMILES string of the molecule is OCC(O)C(c1ccc(O)cc1)c1ccc(O)cc1. The van der Waals surface area contributed by atoms with E-state index in [-0.39, 0.29) is 18.1 Å². The zero-order valence-corrected chi connectivity index (χ0v) is 10.3. The fourth-order valence-corrected chi connectivity index (χ4v) is 2.11. The van der Waals surface area contributed by atoms with Gasteiger partial charge in [-0.15, -0.1) is 0 Å². The number of hydrogen-bond acceptors (Lipinski definition) is 4. The normalized spacial score (nSPS) is 12.6. The quantitative estimate of drug-likeness (QED) is 0.673. The van der Waals surface area contributed by atoms with Gasteiger partial charge in [0, 0.05) is 5.92 Å². The Morgan fingerprint density at radius 3 is 1.42 bits per heavy atom. The summed E-state index contributed by atoms with van der Waals surface area (Å²) in [6.45, 7) is -0.369. The molecule has 0 heterocycles. The van der Waals surface area contributed by atoms with Gasteiger partial charge in [0.25, 0.3) is 0 Å². The summed E-state index contributed by atoms with van der Waals surface area (Å²) >= 11 is 0. The molecule has 0 fully saturated rings. The molecule has 0 spiro atoms. The maximum absolute atomic E-state index is 9.99. The molecule has 4 nitrogen and oxygen atoms in total. The van der Waals surface area contributed by atoms with Gasteiger partial charge in [0.15, 0.2) is 0 Å². The fraction of sp³-hybridized carbons (Fsp3) is 0.200. The van der Waals surface area contributed by atoms with Gasteiger partial charge in [-0.2, -0.15) is 0 Å². The number of phenols is 2. The number of aliphatic hydroxyl groups is 2. The Morgan fingerprint density at radius 1 is 0.737 bits per heavy atom. The zero-order valence-electron chi connectivity index (χ0n) is 10.3. The third-order valence-corrected chi connectivity index (χ3v) is 3.08. The Bertz CT molecular complexity index is 473. The Labute approximate surface area is 111 Å². The lowest BCUT2D eigenvalue weighted by Crippen LogP contribution is -2.23. The lowest BCUT2D eigenvalue weighted by Gasteiger charge is -2.22. The van der Waals surface area contributed by atoms with Crippen molar-refractivity contribution in [1.29, 1.82) is 0 Å². The molecule has 4 heteroatoms. The van der Waals surface area contributed by atoms with Crippen molar-refractivity contribution in [3.8, 4) is 11.5 Å². The van der Waals surface area contributed by atoms with E-state index in [9.17, 15) is 20.4 Å². The van der Waals surface area contributed by atoms with Crippen molar-refractivity contribution in [2.45, 2.75) is 12.0 Å². The number of benzene rings is 2. The first-order valence-electron chi connectivity index (χ1n) is 5.98. The van der Waals surface area contributed by atoms with E-state index >= 15 is 0 Å². The largest absolute Gasteiger partial charge is 0.508 e. The lowest BCUT2D eigenvalue weighted by molar-refractivity contribution is 0.0823. The maximum Gasteiger partial charge on any atom is 0.115 e. The van der Waals surface area contributed by atoms with E-state index in [1.54, 1.807) is 24.3 Å². The topological polar surface area (TPSA) is 80.9 Å². The van der Waals surface area contributed by atoms with E-state index in [1.165, 1.54) is 24.3 Å². The third-order valence-electron chi connectivity index (χ3n) is 3.08. The van der Waals surface area contributed by atoms with Gasteiger partial charge in [0.1, 0.15) is 11.5 Å². The molecule has 0 aliphatic carbocycles. The van der Waals surface area contributed by atoms with Gasteiger partial charge in [-0.1, -0.05) is 24.3 Å². The van der Waals surface area contributed by atoms with Gasteiger partial charge in [-0.25, -0.2) is 0 Å². The molecule has 0 radical (unpaired) electrons. The van der Waals surface area contributed by atoms with Gasteiger partial charge in [0.05, 0.1) is 12.7 Å². The van der Waals surface area contributed by atoms with Crippen LogP contribution in [0.25, 0.3) is 0 Å². The number of aliphatic hydroxyl groups excluding tert-OH is 2. The molecule has 2 aromatic carbocycles. The van der Waals surface area contributed by atoms with Crippen LogP contribution < -0.4 is 0 Å². The predicted octanol–water partition coefficient (Wildman–Crippen LogP) is 1.58. The monoisotopic (exact) mass is 260 g/mol. The van der Waals surface area contributed by atoms with Crippen LogP contribution in [0.1, 0.15) is 17.0 Å². The highest BCUT2D eigenvalue weighted by molar-refractivity contribution is 5.38. The molecule has 0 amide bonds. The van der Waals surface area contributed by atoms with Gasteiger partial charge in [-0.05, 0) is 35.4 Å². The summed E-state index contributed by atoms with van der Waals surface area (Å²) in [7, 11) is 0. The van der Waals surface area contributed by atoms with Crippen LogP contribution in [-0.2, 0) is 0 Å². The van der Waals surface area contributed by atoms with Crippen molar-refractivity contribution in [2.24, 2.45) is 0 Å². The third kappa shape index (κ3) is 3.05. The fourth-order valence-electron chi connectivity index (χ4n) is 2.11. The molecule has 2 aromatic rings. The first kappa shape index (κ1) is 13.4. The van der Waals surface area contributed by atoms with Crippen molar-refractivity contribution in [2.75, 3.05) is 6.61 Å². The number of aromatic hydroxyl groups is 2. The molecular formula is C15H16O4. The molecule has 0 aromatic heterocycles. The van der Waals surface area contributed by atoms with Crippen LogP contribution in [0.3, 0.4) is 0 Å². The maximum atomic E-state index is 9.99. The van der Waals surface area contributed by atoms with Crippen molar-refractivity contribution in [3.05, 3.63) is 59.7 Å². The van der Waals surface area contributed by atoms with E-state index in [0.717, 1.165) is 11.1 Å². The molecule has 0 aliphatic rings. The number of rotatable bonds is 4. The van der Waals surface area contributed by atoms with Crippen molar-refractivity contribution in [1.82, 2.24) is 0 Å². The Kier molecular flexibility index (Phi) is 4.04. The van der Waals surface area contributed by atoms with Crippen LogP contribution in [0.5, 0.6) is 11.5 Å². The molecule has 19 heavy (non-hydrogen) atoms. The Hall–Kier alpha value is -2.04. The average Bonchev–Trinajstić information content (AvgIpc) is 2.43. The average molecular weight is 260 g/mol. The van der Waals surface area contributed by atoms with Crippen molar-refractivity contribution < 1.29 is 20.4 Å². The molecule has 4 N–H and O–H groups in total. The summed E-state index contributed by atoms with van der Waals surface area (Å²) in [6, 6.07) is 12.9. The molecule has 0 aliphatic heterocycles. The lowest BCUT2D eigenvalue weighted by atomic mass is 9.87. The van der Waals surface area contributed by atoms with E-state index in [1.807, 2.05) is 0 Å². The second-order valence-electron chi connectivity index (χ2n) is 4.41. The van der Waals surface area contributed by atoms with Crippen LogP contribution in [0.2, 0.25) is 0 Å². The second kappa shape index (κ2) is 5.73. The van der Waals surface area contributed by atoms with Crippen LogP contribution in [0.4, 0.5) is 0 Å². The molecule has 1 atom stereocenters. The van der Waals surface area contributed by atoms with Crippen LogP contribution >= 0.6 is 0 Å². The van der Waals surface area contributed by atoms with Crippen molar-refractivity contribution in [3.63, 3.8) is 0 Å². The minimum Gasteiger partial charge on any atom is -0.508 e. The van der Waals surface area contributed by atoms with Crippen LogP contribution in [0.15, 0.2) is 48.5 Å².